The first kappa shape index (κ1) is 20.1. The first-order valence-corrected chi connectivity index (χ1v) is 11.5. The Hall–Kier alpha value is -2.14. The van der Waals surface area contributed by atoms with Crippen LogP contribution >= 0.6 is 11.8 Å². The molecule has 1 aromatic heterocycles. The lowest BCUT2D eigenvalue weighted by atomic mass is 10.1. The Labute approximate surface area is 174 Å². The van der Waals surface area contributed by atoms with E-state index in [1.165, 1.54) is 12.3 Å². The third kappa shape index (κ3) is 4.11. The summed E-state index contributed by atoms with van der Waals surface area (Å²) in [6.45, 7) is 0.625. The molecule has 0 radical (unpaired) electrons. The molecule has 0 bridgehead atoms. The van der Waals surface area contributed by atoms with Crippen molar-refractivity contribution in [1.82, 2.24) is 4.98 Å². The van der Waals surface area contributed by atoms with Gasteiger partial charge in [0.2, 0.25) is 0 Å². The average molecular weight is 435 g/mol. The number of nitrogens with one attached hydrogen (secondary N) is 2. The molecule has 29 heavy (non-hydrogen) atoms. The first-order chi connectivity index (χ1) is 14.0. The van der Waals surface area contributed by atoms with Gasteiger partial charge in [-0.2, -0.15) is 8.42 Å². The van der Waals surface area contributed by atoms with E-state index in [0.29, 0.717) is 12.2 Å². The molecule has 0 saturated carbocycles. The lowest BCUT2D eigenvalue weighted by Crippen LogP contribution is -2.29. The van der Waals surface area contributed by atoms with Crippen LogP contribution < -0.4 is 10.0 Å². The maximum Gasteiger partial charge on any atom is 0.279 e. The van der Waals surface area contributed by atoms with Crippen LogP contribution in [0.2, 0.25) is 0 Å². The minimum Gasteiger partial charge on any atom is -0.374 e. The number of methoxy groups -OCH3 is 2. The first-order valence-electron chi connectivity index (χ1n) is 9.10. The number of aromatic nitrogens is 1. The van der Waals surface area contributed by atoms with Gasteiger partial charge >= 0.3 is 0 Å². The summed E-state index contributed by atoms with van der Waals surface area (Å²) >= 11 is 1.64. The highest BCUT2D eigenvalue weighted by Crippen LogP contribution is 2.38. The molecule has 2 atom stereocenters. The molecule has 2 aliphatic rings. The molecule has 8 nitrogen and oxygen atoms in total. The predicted molar refractivity (Wildman–Crippen MR) is 114 cm³/mol. The Bertz CT molecular complexity index is 1010. The maximum absolute atomic E-state index is 12.7. The molecule has 0 fully saturated rings. The Kier molecular flexibility index (Phi) is 5.77. The quantitative estimate of drug-likeness (QED) is 0.645. The van der Waals surface area contributed by atoms with Gasteiger partial charge in [-0.15, -0.1) is 0 Å². The zero-order valence-electron chi connectivity index (χ0n) is 16.0. The fraction of sp³-hybridized carbons (Fsp3) is 0.368. The van der Waals surface area contributed by atoms with Crippen LogP contribution in [0.4, 0.5) is 11.4 Å². The number of benzene rings is 1. The summed E-state index contributed by atoms with van der Waals surface area (Å²) in [4.78, 5) is 8.60. The van der Waals surface area contributed by atoms with Crippen molar-refractivity contribution in [2.45, 2.75) is 29.0 Å². The lowest BCUT2D eigenvalue weighted by Gasteiger charge is -2.20. The van der Waals surface area contributed by atoms with E-state index in [0.717, 1.165) is 22.7 Å². The van der Waals surface area contributed by atoms with Crippen molar-refractivity contribution in [3.05, 3.63) is 48.2 Å². The van der Waals surface area contributed by atoms with Gasteiger partial charge in [-0.05, 0) is 23.8 Å². The highest BCUT2D eigenvalue weighted by atomic mass is 32.2. The summed E-state index contributed by atoms with van der Waals surface area (Å²) in [5.74, 6) is 0. The summed E-state index contributed by atoms with van der Waals surface area (Å²) in [6.07, 6.45) is 1.88. The predicted octanol–water partition coefficient (Wildman–Crippen LogP) is 2.35. The van der Waals surface area contributed by atoms with Crippen molar-refractivity contribution in [3.8, 4) is 0 Å². The van der Waals surface area contributed by atoms with Gasteiger partial charge in [0.15, 0.2) is 11.3 Å². The Morgan fingerprint density at radius 2 is 2.03 bits per heavy atom. The molecule has 3 heterocycles. The van der Waals surface area contributed by atoms with Crippen molar-refractivity contribution in [2.75, 3.05) is 30.8 Å². The lowest BCUT2D eigenvalue weighted by molar-refractivity contribution is -0.0994. The molecule has 0 amide bonds. The number of thioether (sulfide) groups is 1. The molecule has 2 aliphatic heterocycles. The number of hydrogen-bond donors (Lipinski definition) is 2. The molecule has 2 N–H and O–H groups in total. The summed E-state index contributed by atoms with van der Waals surface area (Å²) in [7, 11) is -0.525. The molecule has 0 aliphatic carbocycles. The molecule has 4 rings (SSSR count). The van der Waals surface area contributed by atoms with E-state index in [9.17, 15) is 8.42 Å². The summed E-state index contributed by atoms with van der Waals surface area (Å²) < 4.78 is 38.7. The molecule has 10 heteroatoms. The van der Waals surface area contributed by atoms with Crippen molar-refractivity contribution in [2.24, 2.45) is 4.99 Å². The zero-order valence-corrected chi connectivity index (χ0v) is 17.7. The van der Waals surface area contributed by atoms with Crippen LogP contribution in [0.1, 0.15) is 5.56 Å². The van der Waals surface area contributed by atoms with Crippen molar-refractivity contribution >= 4 is 38.2 Å². The SMILES string of the molecule is COC(OC)C1CN=C(C2Cc3cccc(NS(=O)(=O)c4ccccn4)c3N2)S1. The van der Waals surface area contributed by atoms with Gasteiger partial charge in [-0.25, -0.2) is 4.98 Å². The van der Waals surface area contributed by atoms with Crippen LogP contribution in [0.25, 0.3) is 0 Å². The van der Waals surface area contributed by atoms with E-state index in [2.05, 4.69) is 20.0 Å². The molecule has 2 unspecified atom stereocenters. The second-order valence-corrected chi connectivity index (χ2v) is 9.58. The maximum atomic E-state index is 12.7. The van der Waals surface area contributed by atoms with Gasteiger partial charge in [-0.1, -0.05) is 30.0 Å². The Morgan fingerprint density at radius 1 is 1.21 bits per heavy atom. The fourth-order valence-electron chi connectivity index (χ4n) is 3.47. The largest absolute Gasteiger partial charge is 0.374 e. The highest BCUT2D eigenvalue weighted by molar-refractivity contribution is 8.15. The molecule has 0 spiro atoms. The Balaban J connectivity index is 1.50. The smallest absolute Gasteiger partial charge is 0.279 e. The summed E-state index contributed by atoms with van der Waals surface area (Å²) in [5, 5.41) is 4.50. The number of rotatable bonds is 7. The molecule has 2 aromatic rings. The Morgan fingerprint density at radius 3 is 2.76 bits per heavy atom. The van der Waals surface area contributed by atoms with Crippen LogP contribution in [0.5, 0.6) is 0 Å². The highest BCUT2D eigenvalue weighted by Gasteiger charge is 2.35. The minimum absolute atomic E-state index is 0.00475. The number of fused-ring (bicyclic) bond motifs is 1. The van der Waals surface area contributed by atoms with Crippen molar-refractivity contribution < 1.29 is 17.9 Å². The van der Waals surface area contributed by atoms with Gasteiger partial charge < -0.3 is 14.8 Å². The van der Waals surface area contributed by atoms with Crippen LogP contribution in [0.3, 0.4) is 0 Å². The van der Waals surface area contributed by atoms with Crippen molar-refractivity contribution in [1.29, 1.82) is 0 Å². The van der Waals surface area contributed by atoms with Crippen molar-refractivity contribution in [3.63, 3.8) is 0 Å². The van der Waals surface area contributed by atoms with Crippen LogP contribution in [0, 0.1) is 0 Å². The van der Waals surface area contributed by atoms with Gasteiger partial charge in [0.25, 0.3) is 10.0 Å². The number of anilines is 2. The number of nitrogens with zero attached hydrogens (tertiary/aromatic N) is 2. The minimum atomic E-state index is -3.77. The third-order valence-electron chi connectivity index (χ3n) is 4.82. The molecule has 0 saturated heterocycles. The van der Waals surface area contributed by atoms with Gasteiger partial charge in [-0.3, -0.25) is 9.71 Å². The second-order valence-electron chi connectivity index (χ2n) is 6.69. The number of ether oxygens (including phenoxy) is 2. The number of pyridine rings is 1. The summed E-state index contributed by atoms with van der Waals surface area (Å²) in [6, 6.07) is 10.4. The third-order valence-corrected chi connectivity index (χ3v) is 7.43. The van der Waals surface area contributed by atoms with E-state index in [4.69, 9.17) is 9.47 Å². The van der Waals surface area contributed by atoms with Gasteiger partial charge in [0.1, 0.15) is 0 Å². The second kappa shape index (κ2) is 8.31. The number of aliphatic imine (C=N–C) groups is 1. The number of sulfonamides is 1. The number of para-hydroxylation sites is 1. The fourth-order valence-corrected chi connectivity index (χ4v) is 5.74. The van der Waals surface area contributed by atoms with E-state index in [1.807, 2.05) is 12.1 Å². The zero-order chi connectivity index (χ0) is 20.4. The van der Waals surface area contributed by atoms with Gasteiger partial charge in [0.05, 0.1) is 34.3 Å². The van der Waals surface area contributed by atoms with E-state index in [1.54, 1.807) is 44.2 Å². The number of hydrogen-bond acceptors (Lipinski definition) is 8. The van der Waals surface area contributed by atoms with Gasteiger partial charge in [0, 0.05) is 26.8 Å². The normalized spacial score (nSPS) is 21.0. The standard InChI is InChI=1S/C19H22N4O4S2/c1-26-19(27-2)15-11-21-18(28-15)14-10-12-6-5-7-13(17(12)22-14)23-29(24,25)16-8-3-4-9-20-16/h3-9,14-15,19,22-23H,10-11H2,1-2H3. The summed E-state index contributed by atoms with van der Waals surface area (Å²) in [5.41, 5.74) is 2.32. The van der Waals surface area contributed by atoms with Crippen LogP contribution in [-0.2, 0) is 25.9 Å². The monoisotopic (exact) mass is 434 g/mol. The molecule has 1 aromatic carbocycles. The average Bonchev–Trinajstić information content (AvgIpc) is 3.37. The van der Waals surface area contributed by atoms with Crippen LogP contribution in [-0.4, -0.2) is 56.8 Å². The topological polar surface area (TPSA) is 102 Å². The molecular formula is C19H22N4O4S2. The molecule has 154 valence electrons. The van der Waals surface area contributed by atoms with Crippen LogP contribution in [0.15, 0.2) is 52.6 Å². The van der Waals surface area contributed by atoms with E-state index >= 15 is 0 Å². The van der Waals surface area contributed by atoms with E-state index in [-0.39, 0.29) is 22.6 Å². The molecular weight excluding hydrogens is 412 g/mol. The van der Waals surface area contributed by atoms with E-state index < -0.39 is 10.0 Å².